The first-order valence-corrected chi connectivity index (χ1v) is 7.21. The van der Waals surface area contributed by atoms with E-state index in [1.54, 1.807) is 0 Å². The molecular formula is C18H19NO. The van der Waals surface area contributed by atoms with Crippen LogP contribution in [0.25, 0.3) is 0 Å². The van der Waals surface area contributed by atoms with Crippen LogP contribution in [0.1, 0.15) is 29.9 Å². The van der Waals surface area contributed by atoms with Crippen molar-refractivity contribution in [3.05, 3.63) is 65.7 Å². The highest BCUT2D eigenvalue weighted by atomic mass is 16.1. The summed E-state index contributed by atoms with van der Waals surface area (Å²) in [5.41, 5.74) is 3.70. The molecule has 1 fully saturated rings. The molecule has 0 aliphatic heterocycles. The number of amides is 1. The van der Waals surface area contributed by atoms with Gasteiger partial charge in [-0.15, -0.1) is 0 Å². The number of hydrogen-bond acceptors (Lipinski definition) is 1. The average Bonchev–Trinajstić information content (AvgIpc) is 3.27. The van der Waals surface area contributed by atoms with Crippen molar-refractivity contribution in [3.8, 4) is 0 Å². The lowest BCUT2D eigenvalue weighted by molar-refractivity contribution is -0.105. The molecule has 20 heavy (non-hydrogen) atoms. The summed E-state index contributed by atoms with van der Waals surface area (Å²) in [6, 6.07) is 18.9. The highest BCUT2D eigenvalue weighted by Gasteiger charge is 2.37. The Bertz CT molecular complexity index is 562. The van der Waals surface area contributed by atoms with E-state index in [0.717, 1.165) is 18.0 Å². The monoisotopic (exact) mass is 265 g/mol. The summed E-state index contributed by atoms with van der Waals surface area (Å²) in [5, 5.41) is 2.67. The van der Waals surface area contributed by atoms with Crippen LogP contribution in [0.2, 0.25) is 0 Å². The van der Waals surface area contributed by atoms with Gasteiger partial charge < -0.3 is 5.32 Å². The molecule has 3 rings (SSSR count). The second-order valence-electron chi connectivity index (χ2n) is 5.51. The van der Waals surface area contributed by atoms with E-state index >= 15 is 0 Å². The first-order valence-electron chi connectivity index (χ1n) is 7.21. The van der Waals surface area contributed by atoms with E-state index in [1.165, 1.54) is 30.4 Å². The Morgan fingerprint density at radius 3 is 2.50 bits per heavy atom. The SMILES string of the molecule is O=CNc1ccc(C2CC2CCc2ccccc2)cc1. The zero-order valence-corrected chi connectivity index (χ0v) is 11.5. The number of hydrogen-bond donors (Lipinski definition) is 1. The molecule has 0 saturated heterocycles. The molecule has 2 aromatic carbocycles. The summed E-state index contributed by atoms with van der Waals surface area (Å²) in [6.45, 7) is 0. The van der Waals surface area contributed by atoms with Gasteiger partial charge in [-0.05, 0) is 54.4 Å². The Morgan fingerprint density at radius 2 is 1.80 bits per heavy atom. The van der Waals surface area contributed by atoms with Gasteiger partial charge in [0, 0.05) is 5.69 Å². The predicted octanol–water partition coefficient (Wildman–Crippen LogP) is 3.99. The Hall–Kier alpha value is -2.09. The van der Waals surface area contributed by atoms with Gasteiger partial charge >= 0.3 is 0 Å². The van der Waals surface area contributed by atoms with Crippen molar-refractivity contribution >= 4 is 12.1 Å². The van der Waals surface area contributed by atoms with Crippen molar-refractivity contribution < 1.29 is 4.79 Å². The van der Waals surface area contributed by atoms with Crippen molar-refractivity contribution in [2.75, 3.05) is 5.32 Å². The summed E-state index contributed by atoms with van der Waals surface area (Å²) in [4.78, 5) is 10.4. The topological polar surface area (TPSA) is 29.1 Å². The molecule has 1 amide bonds. The van der Waals surface area contributed by atoms with Gasteiger partial charge in [-0.25, -0.2) is 0 Å². The van der Waals surface area contributed by atoms with Crippen LogP contribution in [0, 0.1) is 5.92 Å². The van der Waals surface area contributed by atoms with Crippen LogP contribution in [0.15, 0.2) is 54.6 Å². The lowest BCUT2D eigenvalue weighted by Crippen LogP contribution is -1.93. The van der Waals surface area contributed by atoms with E-state index in [0.29, 0.717) is 5.92 Å². The zero-order valence-electron chi connectivity index (χ0n) is 11.5. The predicted molar refractivity (Wildman–Crippen MR) is 81.7 cm³/mol. The summed E-state index contributed by atoms with van der Waals surface area (Å²) >= 11 is 0. The fraction of sp³-hybridized carbons (Fsp3) is 0.278. The third-order valence-corrected chi connectivity index (χ3v) is 4.13. The van der Waals surface area contributed by atoms with Crippen molar-refractivity contribution in [1.29, 1.82) is 0 Å². The smallest absolute Gasteiger partial charge is 0.211 e. The minimum absolute atomic E-state index is 0.712. The van der Waals surface area contributed by atoms with Crippen LogP contribution >= 0.6 is 0 Å². The first-order chi connectivity index (χ1) is 9.86. The van der Waals surface area contributed by atoms with Crippen molar-refractivity contribution in [2.24, 2.45) is 5.92 Å². The van der Waals surface area contributed by atoms with Gasteiger partial charge in [0.1, 0.15) is 0 Å². The largest absolute Gasteiger partial charge is 0.329 e. The van der Waals surface area contributed by atoms with Gasteiger partial charge in [-0.2, -0.15) is 0 Å². The molecule has 0 aromatic heterocycles. The van der Waals surface area contributed by atoms with Crippen molar-refractivity contribution in [3.63, 3.8) is 0 Å². The lowest BCUT2D eigenvalue weighted by atomic mass is 10.0. The molecule has 1 aliphatic carbocycles. The quantitative estimate of drug-likeness (QED) is 0.786. The molecule has 0 radical (unpaired) electrons. The van der Waals surface area contributed by atoms with Gasteiger partial charge in [0.05, 0.1) is 0 Å². The Morgan fingerprint density at radius 1 is 1.05 bits per heavy atom. The molecule has 1 aliphatic rings. The summed E-state index contributed by atoms with van der Waals surface area (Å²) in [6.07, 6.45) is 4.46. The van der Waals surface area contributed by atoms with E-state index in [-0.39, 0.29) is 0 Å². The van der Waals surface area contributed by atoms with E-state index in [9.17, 15) is 4.79 Å². The molecule has 2 unspecified atom stereocenters. The Labute approximate surface area is 119 Å². The fourth-order valence-electron chi connectivity index (χ4n) is 2.87. The third kappa shape index (κ3) is 3.08. The van der Waals surface area contributed by atoms with Crippen LogP contribution in [0.5, 0.6) is 0 Å². The molecule has 2 atom stereocenters. The highest BCUT2D eigenvalue weighted by molar-refractivity contribution is 5.71. The fourth-order valence-corrected chi connectivity index (χ4v) is 2.87. The summed E-state index contributed by atoms with van der Waals surface area (Å²) in [5.74, 6) is 1.53. The standard InChI is InChI=1S/C18H19NO/c20-13-19-17-10-8-15(9-11-17)18-12-16(18)7-6-14-4-2-1-3-5-14/h1-5,8-11,13,16,18H,6-7,12H2,(H,19,20). The van der Waals surface area contributed by atoms with Gasteiger partial charge in [0.25, 0.3) is 0 Å². The number of nitrogens with one attached hydrogen (secondary N) is 1. The molecule has 2 heteroatoms. The van der Waals surface area contributed by atoms with E-state index < -0.39 is 0 Å². The van der Waals surface area contributed by atoms with Crippen molar-refractivity contribution in [1.82, 2.24) is 0 Å². The molecule has 0 heterocycles. The maximum atomic E-state index is 10.4. The van der Waals surface area contributed by atoms with Crippen LogP contribution in [0.3, 0.4) is 0 Å². The normalized spacial score (nSPS) is 20.4. The second-order valence-corrected chi connectivity index (χ2v) is 5.51. The first kappa shape index (κ1) is 12.9. The average molecular weight is 265 g/mol. The molecule has 1 N–H and O–H groups in total. The van der Waals surface area contributed by atoms with E-state index in [1.807, 2.05) is 12.1 Å². The minimum Gasteiger partial charge on any atom is -0.329 e. The van der Waals surface area contributed by atoms with Gasteiger partial charge in [0.15, 0.2) is 0 Å². The Balaban J connectivity index is 1.52. The maximum absolute atomic E-state index is 10.4. The number of carbonyl (C=O) groups excluding carboxylic acids is 1. The molecule has 102 valence electrons. The molecule has 1 saturated carbocycles. The van der Waals surface area contributed by atoms with Crippen LogP contribution in [0.4, 0.5) is 5.69 Å². The highest BCUT2D eigenvalue weighted by Crippen LogP contribution is 2.50. The minimum atomic E-state index is 0.712. The molecule has 2 aromatic rings. The third-order valence-electron chi connectivity index (χ3n) is 4.13. The van der Waals surface area contributed by atoms with Gasteiger partial charge in [-0.1, -0.05) is 42.5 Å². The van der Waals surface area contributed by atoms with Crippen molar-refractivity contribution in [2.45, 2.75) is 25.2 Å². The number of rotatable bonds is 6. The number of aryl methyl sites for hydroxylation is 1. The molecule has 0 spiro atoms. The van der Waals surface area contributed by atoms with Gasteiger partial charge in [-0.3, -0.25) is 4.79 Å². The molecular weight excluding hydrogens is 246 g/mol. The van der Waals surface area contributed by atoms with E-state index in [4.69, 9.17) is 0 Å². The van der Waals surface area contributed by atoms with Crippen LogP contribution in [-0.2, 0) is 11.2 Å². The maximum Gasteiger partial charge on any atom is 0.211 e. The molecule has 0 bridgehead atoms. The number of carbonyl (C=O) groups is 1. The van der Waals surface area contributed by atoms with E-state index in [2.05, 4.69) is 47.8 Å². The summed E-state index contributed by atoms with van der Waals surface area (Å²) in [7, 11) is 0. The zero-order chi connectivity index (χ0) is 13.8. The second kappa shape index (κ2) is 5.91. The summed E-state index contributed by atoms with van der Waals surface area (Å²) < 4.78 is 0. The number of benzene rings is 2. The Kier molecular flexibility index (Phi) is 3.82. The molecule has 2 nitrogen and oxygen atoms in total. The van der Waals surface area contributed by atoms with Crippen LogP contribution < -0.4 is 5.32 Å². The number of anilines is 1. The van der Waals surface area contributed by atoms with Crippen LogP contribution in [-0.4, -0.2) is 6.41 Å². The van der Waals surface area contributed by atoms with Gasteiger partial charge in [0.2, 0.25) is 6.41 Å². The lowest BCUT2D eigenvalue weighted by Gasteiger charge is -2.03.